The number of hydrogen-bond acceptors (Lipinski definition) is 2. The van der Waals surface area contributed by atoms with E-state index >= 15 is 0 Å². The maximum atomic E-state index is 6.32. The molecular formula is C40H24OS. The zero-order valence-electron chi connectivity index (χ0n) is 22.7. The first-order chi connectivity index (χ1) is 20.8. The summed E-state index contributed by atoms with van der Waals surface area (Å²) in [5.74, 6) is 1.83. The van der Waals surface area contributed by atoms with Crippen molar-refractivity contribution in [3.05, 3.63) is 146 Å². The molecule has 0 saturated heterocycles. The monoisotopic (exact) mass is 552 g/mol. The predicted molar refractivity (Wildman–Crippen MR) is 179 cm³/mol. The highest BCUT2D eigenvalue weighted by atomic mass is 32.1. The molecule has 196 valence electrons. The van der Waals surface area contributed by atoms with Crippen LogP contribution in [0.4, 0.5) is 0 Å². The van der Waals surface area contributed by atoms with Crippen molar-refractivity contribution in [2.45, 2.75) is 0 Å². The summed E-state index contributed by atoms with van der Waals surface area (Å²) >= 11 is 1.88. The number of ether oxygens (including phenoxy) is 1. The van der Waals surface area contributed by atoms with Crippen LogP contribution < -0.4 is 4.74 Å². The van der Waals surface area contributed by atoms with Crippen LogP contribution in [0.5, 0.6) is 11.5 Å². The molecule has 1 aromatic heterocycles. The summed E-state index contributed by atoms with van der Waals surface area (Å²) in [5, 5.41) is 5.00. The number of benzene rings is 7. The van der Waals surface area contributed by atoms with Crippen LogP contribution in [0.15, 0.2) is 146 Å². The first-order valence-electron chi connectivity index (χ1n) is 14.3. The van der Waals surface area contributed by atoms with E-state index in [9.17, 15) is 0 Å². The highest BCUT2D eigenvalue weighted by molar-refractivity contribution is 7.26. The summed E-state index contributed by atoms with van der Waals surface area (Å²) < 4.78 is 8.97. The van der Waals surface area contributed by atoms with Gasteiger partial charge in [-0.25, -0.2) is 0 Å². The van der Waals surface area contributed by atoms with Gasteiger partial charge in [0, 0.05) is 31.1 Å². The third-order valence-corrected chi connectivity index (χ3v) is 9.64. The minimum atomic E-state index is 0.907. The van der Waals surface area contributed by atoms with Gasteiger partial charge < -0.3 is 4.74 Å². The second kappa shape index (κ2) is 9.17. The number of hydrogen-bond donors (Lipinski definition) is 0. The lowest BCUT2D eigenvalue weighted by atomic mass is 9.88. The van der Waals surface area contributed by atoms with E-state index in [2.05, 4.69) is 140 Å². The van der Waals surface area contributed by atoms with Crippen molar-refractivity contribution in [2.24, 2.45) is 0 Å². The minimum absolute atomic E-state index is 0.907. The molecule has 2 heteroatoms. The molecular weight excluding hydrogens is 529 g/mol. The molecule has 0 fully saturated rings. The fraction of sp³-hybridized carbons (Fsp3) is 0. The van der Waals surface area contributed by atoms with Crippen LogP contribution in [0.3, 0.4) is 0 Å². The second-order valence-corrected chi connectivity index (χ2v) is 12.0. The van der Waals surface area contributed by atoms with Gasteiger partial charge in [0.15, 0.2) is 0 Å². The molecule has 8 aromatic rings. The summed E-state index contributed by atoms with van der Waals surface area (Å²) in [6.07, 6.45) is 0. The third-order valence-electron chi connectivity index (χ3n) is 8.42. The molecule has 0 N–H and O–H groups in total. The number of rotatable bonds is 3. The van der Waals surface area contributed by atoms with Gasteiger partial charge in [-0.3, -0.25) is 0 Å². The standard InChI is InChI=1S/C40H24OS/c1-2-10-25(11-3-1)27-21-28(23-30(22-27)31-15-9-16-34-33-14-5-7-19-38(33)42-40(31)34)29-20-26-12-8-18-37-39(26)35(24-29)32-13-4-6-17-36(32)41-37/h1-24H. The van der Waals surface area contributed by atoms with E-state index in [0.717, 1.165) is 17.1 Å². The first-order valence-corrected chi connectivity index (χ1v) is 15.1. The fourth-order valence-electron chi connectivity index (χ4n) is 6.48. The molecule has 0 aliphatic carbocycles. The van der Waals surface area contributed by atoms with Crippen molar-refractivity contribution in [1.29, 1.82) is 0 Å². The van der Waals surface area contributed by atoms with E-state index in [1.807, 2.05) is 17.4 Å². The topological polar surface area (TPSA) is 9.23 Å². The number of thiophene rings is 1. The molecule has 1 aliphatic rings. The van der Waals surface area contributed by atoms with Gasteiger partial charge in [0.2, 0.25) is 0 Å². The highest BCUT2D eigenvalue weighted by Gasteiger charge is 2.21. The summed E-state index contributed by atoms with van der Waals surface area (Å²) in [6, 6.07) is 52.6. The van der Waals surface area contributed by atoms with E-state index in [1.54, 1.807) is 0 Å². The maximum absolute atomic E-state index is 6.32. The van der Waals surface area contributed by atoms with Gasteiger partial charge in [0.1, 0.15) is 11.5 Å². The third kappa shape index (κ3) is 3.62. The van der Waals surface area contributed by atoms with Crippen LogP contribution in [0.1, 0.15) is 0 Å². The Hall–Kier alpha value is -5.18. The zero-order valence-corrected chi connectivity index (χ0v) is 23.5. The predicted octanol–water partition coefficient (Wildman–Crippen LogP) is 12.0. The average molecular weight is 553 g/mol. The molecule has 0 saturated carbocycles. The Morgan fingerprint density at radius 3 is 2.00 bits per heavy atom. The summed E-state index contributed by atoms with van der Waals surface area (Å²) in [7, 11) is 0. The molecule has 9 rings (SSSR count). The van der Waals surface area contributed by atoms with Gasteiger partial charge in [-0.05, 0) is 92.9 Å². The van der Waals surface area contributed by atoms with E-state index in [4.69, 9.17) is 4.74 Å². The quantitative estimate of drug-likeness (QED) is 0.212. The van der Waals surface area contributed by atoms with E-state index in [-0.39, 0.29) is 0 Å². The molecule has 1 nitrogen and oxygen atoms in total. The molecule has 7 aromatic carbocycles. The second-order valence-electron chi connectivity index (χ2n) is 10.9. The Balaban J connectivity index is 1.32. The van der Waals surface area contributed by atoms with E-state index < -0.39 is 0 Å². The van der Waals surface area contributed by atoms with Gasteiger partial charge in [-0.15, -0.1) is 11.3 Å². The molecule has 0 spiro atoms. The molecule has 0 radical (unpaired) electrons. The molecule has 0 atom stereocenters. The van der Waals surface area contributed by atoms with Crippen molar-refractivity contribution in [3.63, 3.8) is 0 Å². The summed E-state index contributed by atoms with van der Waals surface area (Å²) in [4.78, 5) is 0. The van der Waals surface area contributed by atoms with Crippen LogP contribution >= 0.6 is 11.3 Å². The SMILES string of the molecule is c1ccc(-c2cc(-c3cc4c5c(cccc5c3)Oc3ccccc3-4)cc(-c3cccc4c3sc3ccccc34)c2)cc1. The van der Waals surface area contributed by atoms with Crippen molar-refractivity contribution in [1.82, 2.24) is 0 Å². The van der Waals surface area contributed by atoms with Gasteiger partial charge in [-0.2, -0.15) is 0 Å². The normalized spacial score (nSPS) is 12.0. The smallest absolute Gasteiger partial charge is 0.135 e. The molecule has 0 bridgehead atoms. The van der Waals surface area contributed by atoms with Gasteiger partial charge in [-0.1, -0.05) is 97.1 Å². The Kier molecular flexibility index (Phi) is 5.13. The zero-order chi connectivity index (χ0) is 27.6. The van der Waals surface area contributed by atoms with Crippen molar-refractivity contribution >= 4 is 42.3 Å². The lowest BCUT2D eigenvalue weighted by Gasteiger charge is -2.22. The number of para-hydroxylation sites is 1. The molecule has 42 heavy (non-hydrogen) atoms. The van der Waals surface area contributed by atoms with Gasteiger partial charge in [0.25, 0.3) is 0 Å². The lowest BCUT2D eigenvalue weighted by molar-refractivity contribution is 0.487. The summed E-state index contributed by atoms with van der Waals surface area (Å²) in [5.41, 5.74) is 9.70. The Morgan fingerprint density at radius 2 is 1.07 bits per heavy atom. The number of fused-ring (bicyclic) bond motifs is 5. The summed E-state index contributed by atoms with van der Waals surface area (Å²) in [6.45, 7) is 0. The van der Waals surface area contributed by atoms with Crippen LogP contribution in [0.25, 0.3) is 75.5 Å². The van der Waals surface area contributed by atoms with Crippen LogP contribution in [0.2, 0.25) is 0 Å². The van der Waals surface area contributed by atoms with Gasteiger partial charge >= 0.3 is 0 Å². The fourth-order valence-corrected chi connectivity index (χ4v) is 7.71. The Bertz CT molecular complexity index is 2330. The van der Waals surface area contributed by atoms with Crippen molar-refractivity contribution in [2.75, 3.05) is 0 Å². The lowest BCUT2D eigenvalue weighted by Crippen LogP contribution is -1.97. The highest BCUT2D eigenvalue weighted by Crippen LogP contribution is 2.48. The minimum Gasteiger partial charge on any atom is -0.456 e. The largest absolute Gasteiger partial charge is 0.456 e. The van der Waals surface area contributed by atoms with Crippen LogP contribution in [0, 0.1) is 0 Å². The van der Waals surface area contributed by atoms with Crippen molar-refractivity contribution in [3.8, 4) is 56.0 Å². The van der Waals surface area contributed by atoms with E-state index in [1.165, 1.54) is 69.9 Å². The first kappa shape index (κ1) is 23.5. The van der Waals surface area contributed by atoms with Crippen LogP contribution in [-0.2, 0) is 0 Å². The van der Waals surface area contributed by atoms with Gasteiger partial charge in [0.05, 0.1) is 0 Å². The van der Waals surface area contributed by atoms with E-state index in [0.29, 0.717) is 0 Å². The molecule has 0 unspecified atom stereocenters. The Morgan fingerprint density at radius 1 is 0.405 bits per heavy atom. The van der Waals surface area contributed by atoms with Crippen molar-refractivity contribution < 1.29 is 4.74 Å². The van der Waals surface area contributed by atoms with Crippen LogP contribution in [-0.4, -0.2) is 0 Å². The molecule has 2 heterocycles. The molecule has 1 aliphatic heterocycles. The maximum Gasteiger partial charge on any atom is 0.135 e. The Labute approximate surface area is 247 Å². The molecule has 0 amide bonds. The average Bonchev–Trinajstić information content (AvgIpc) is 3.44.